The van der Waals surface area contributed by atoms with Gasteiger partial charge in [-0.3, -0.25) is 9.48 Å². The van der Waals surface area contributed by atoms with Crippen LogP contribution in [-0.2, 0) is 16.9 Å². The molecule has 1 saturated heterocycles. The minimum atomic E-state index is -0.583. The summed E-state index contributed by atoms with van der Waals surface area (Å²) in [7, 11) is 1.89. The number of fused-ring (bicyclic) bond motifs is 1. The fraction of sp³-hybridized carbons (Fsp3) is 0.333. The SMILES string of the molecule is CN(Cc1ccc2ccccc2c1)C(=O)C1(n2cccn2)CCNCC1.Cl. The van der Waals surface area contributed by atoms with E-state index in [1.54, 1.807) is 6.20 Å². The van der Waals surface area contributed by atoms with Crippen molar-refractivity contribution in [2.75, 3.05) is 20.1 Å². The van der Waals surface area contributed by atoms with Crippen molar-refractivity contribution in [3.05, 3.63) is 66.5 Å². The highest BCUT2D eigenvalue weighted by Gasteiger charge is 2.43. The fourth-order valence-corrected chi connectivity index (χ4v) is 3.94. The number of piperidine rings is 1. The molecule has 1 aromatic heterocycles. The normalized spacial score (nSPS) is 15.9. The number of nitrogens with zero attached hydrogens (tertiary/aromatic N) is 3. The zero-order chi connectivity index (χ0) is 18.0. The number of rotatable bonds is 4. The molecule has 3 aromatic rings. The second-order valence-corrected chi connectivity index (χ2v) is 7.07. The van der Waals surface area contributed by atoms with Crippen LogP contribution in [-0.4, -0.2) is 40.7 Å². The van der Waals surface area contributed by atoms with E-state index in [0.29, 0.717) is 6.54 Å². The number of carbonyl (C=O) groups excluding carboxylic acids is 1. The molecule has 2 heterocycles. The molecule has 0 bridgehead atoms. The molecule has 27 heavy (non-hydrogen) atoms. The van der Waals surface area contributed by atoms with E-state index in [4.69, 9.17) is 0 Å². The molecule has 0 aliphatic carbocycles. The maximum absolute atomic E-state index is 13.4. The van der Waals surface area contributed by atoms with Crippen LogP contribution < -0.4 is 5.32 Å². The smallest absolute Gasteiger partial charge is 0.250 e. The predicted octanol–water partition coefficient (Wildman–Crippen LogP) is 3.20. The van der Waals surface area contributed by atoms with Crippen molar-refractivity contribution in [1.29, 1.82) is 0 Å². The molecule has 0 unspecified atom stereocenters. The van der Waals surface area contributed by atoms with E-state index in [0.717, 1.165) is 31.5 Å². The van der Waals surface area contributed by atoms with E-state index in [1.165, 1.54) is 10.8 Å². The van der Waals surface area contributed by atoms with Gasteiger partial charge in [0.25, 0.3) is 5.91 Å². The number of amides is 1. The summed E-state index contributed by atoms with van der Waals surface area (Å²) in [6, 6.07) is 16.6. The van der Waals surface area contributed by atoms with E-state index in [-0.39, 0.29) is 18.3 Å². The molecule has 1 N–H and O–H groups in total. The summed E-state index contributed by atoms with van der Waals surface area (Å²) in [6.07, 6.45) is 5.18. The van der Waals surface area contributed by atoms with Gasteiger partial charge in [-0.25, -0.2) is 0 Å². The van der Waals surface area contributed by atoms with Gasteiger partial charge in [0.1, 0.15) is 5.54 Å². The van der Waals surface area contributed by atoms with Crippen LogP contribution in [0.5, 0.6) is 0 Å². The van der Waals surface area contributed by atoms with Crippen LogP contribution in [0.25, 0.3) is 10.8 Å². The van der Waals surface area contributed by atoms with Crippen molar-refractivity contribution in [3.63, 3.8) is 0 Å². The monoisotopic (exact) mass is 384 g/mol. The Bertz CT molecular complexity index is 903. The van der Waals surface area contributed by atoms with Gasteiger partial charge in [0.2, 0.25) is 0 Å². The number of aromatic nitrogens is 2. The van der Waals surface area contributed by atoms with Crippen molar-refractivity contribution < 1.29 is 4.79 Å². The third-order valence-corrected chi connectivity index (χ3v) is 5.35. The Morgan fingerprint density at radius 3 is 2.59 bits per heavy atom. The standard InChI is InChI=1S/C21H24N4O.ClH/c1-24(16-17-7-8-18-5-2-3-6-19(18)15-17)20(26)21(9-12-22-13-10-21)25-14-4-11-23-25;/h2-8,11,14-15,22H,9-10,12-13,16H2,1H3;1H. The average Bonchev–Trinajstić information content (AvgIpc) is 3.23. The average molecular weight is 385 g/mol. The molecule has 0 atom stereocenters. The van der Waals surface area contributed by atoms with Crippen LogP contribution >= 0.6 is 12.4 Å². The van der Waals surface area contributed by atoms with E-state index < -0.39 is 5.54 Å². The quantitative estimate of drug-likeness (QED) is 0.751. The highest BCUT2D eigenvalue weighted by molar-refractivity contribution is 5.86. The van der Waals surface area contributed by atoms with E-state index in [2.05, 4.69) is 40.7 Å². The largest absolute Gasteiger partial charge is 0.339 e. The van der Waals surface area contributed by atoms with Crippen LogP contribution in [0, 0.1) is 0 Å². The third-order valence-electron chi connectivity index (χ3n) is 5.35. The molecule has 5 nitrogen and oxygen atoms in total. The van der Waals surface area contributed by atoms with Gasteiger partial charge < -0.3 is 10.2 Å². The summed E-state index contributed by atoms with van der Waals surface area (Å²) in [5.74, 6) is 0.135. The van der Waals surface area contributed by atoms with Crippen molar-refractivity contribution >= 4 is 29.1 Å². The first kappa shape index (κ1) is 19.4. The lowest BCUT2D eigenvalue weighted by Gasteiger charge is -2.39. The minimum absolute atomic E-state index is 0. The Morgan fingerprint density at radius 2 is 1.89 bits per heavy atom. The van der Waals surface area contributed by atoms with Gasteiger partial charge in [0.05, 0.1) is 0 Å². The lowest BCUT2D eigenvalue weighted by Crippen LogP contribution is -2.54. The molecule has 2 aromatic carbocycles. The van der Waals surface area contributed by atoms with Crippen LogP contribution in [0.1, 0.15) is 18.4 Å². The lowest BCUT2D eigenvalue weighted by molar-refractivity contribution is -0.142. The Labute approximate surface area is 165 Å². The number of hydrogen-bond donors (Lipinski definition) is 1. The summed E-state index contributed by atoms with van der Waals surface area (Å²) in [6.45, 7) is 2.25. The first-order chi connectivity index (χ1) is 12.7. The highest BCUT2D eigenvalue weighted by atomic mass is 35.5. The molecule has 6 heteroatoms. The molecule has 0 saturated carbocycles. The summed E-state index contributed by atoms with van der Waals surface area (Å²) in [5, 5.41) is 10.2. The van der Waals surface area contributed by atoms with E-state index in [1.807, 2.05) is 41.0 Å². The van der Waals surface area contributed by atoms with Gasteiger partial charge >= 0.3 is 0 Å². The summed E-state index contributed by atoms with van der Waals surface area (Å²) >= 11 is 0. The van der Waals surface area contributed by atoms with Gasteiger partial charge in [-0.05, 0) is 54.4 Å². The second kappa shape index (κ2) is 8.11. The van der Waals surface area contributed by atoms with Crippen molar-refractivity contribution in [2.24, 2.45) is 0 Å². The third kappa shape index (κ3) is 3.70. The van der Waals surface area contributed by atoms with Crippen molar-refractivity contribution in [1.82, 2.24) is 20.0 Å². The number of halogens is 1. The molecular formula is C21H25ClN4O. The Balaban J connectivity index is 0.00000210. The number of likely N-dealkylation sites (N-methyl/N-ethyl adjacent to an activating group) is 1. The molecule has 4 rings (SSSR count). The summed E-state index contributed by atoms with van der Waals surface area (Å²) < 4.78 is 1.85. The Morgan fingerprint density at radius 1 is 1.15 bits per heavy atom. The first-order valence-corrected chi connectivity index (χ1v) is 9.13. The van der Waals surface area contributed by atoms with Crippen LogP contribution in [0.15, 0.2) is 60.9 Å². The molecular weight excluding hydrogens is 360 g/mol. The van der Waals surface area contributed by atoms with Crippen molar-refractivity contribution in [2.45, 2.75) is 24.9 Å². The Kier molecular flexibility index (Phi) is 5.82. The zero-order valence-corrected chi connectivity index (χ0v) is 16.3. The van der Waals surface area contributed by atoms with Crippen molar-refractivity contribution in [3.8, 4) is 0 Å². The van der Waals surface area contributed by atoms with Crippen LogP contribution in [0.3, 0.4) is 0 Å². The van der Waals surface area contributed by atoms with Gasteiger partial charge in [0.15, 0.2) is 0 Å². The second-order valence-electron chi connectivity index (χ2n) is 7.07. The van der Waals surface area contributed by atoms with Gasteiger partial charge in [0, 0.05) is 26.0 Å². The summed E-state index contributed by atoms with van der Waals surface area (Å²) in [4.78, 5) is 15.3. The zero-order valence-electron chi connectivity index (χ0n) is 15.5. The lowest BCUT2D eigenvalue weighted by atomic mass is 9.86. The number of nitrogens with one attached hydrogen (secondary N) is 1. The van der Waals surface area contributed by atoms with E-state index >= 15 is 0 Å². The molecule has 1 aliphatic heterocycles. The predicted molar refractivity (Wildman–Crippen MR) is 110 cm³/mol. The van der Waals surface area contributed by atoms with Crippen LogP contribution in [0.2, 0.25) is 0 Å². The molecule has 0 radical (unpaired) electrons. The molecule has 142 valence electrons. The summed E-state index contributed by atoms with van der Waals surface area (Å²) in [5.41, 5.74) is 0.560. The number of benzene rings is 2. The van der Waals surface area contributed by atoms with E-state index in [9.17, 15) is 4.79 Å². The van der Waals surface area contributed by atoms with Gasteiger partial charge in [-0.15, -0.1) is 12.4 Å². The molecule has 0 spiro atoms. The maximum atomic E-state index is 13.4. The fourth-order valence-electron chi connectivity index (χ4n) is 3.94. The van der Waals surface area contributed by atoms with Gasteiger partial charge in [-0.2, -0.15) is 5.10 Å². The van der Waals surface area contributed by atoms with Crippen LogP contribution in [0.4, 0.5) is 0 Å². The maximum Gasteiger partial charge on any atom is 0.250 e. The molecule has 1 aliphatic rings. The highest BCUT2D eigenvalue weighted by Crippen LogP contribution is 2.29. The minimum Gasteiger partial charge on any atom is -0.339 e. The molecule has 1 amide bonds. The topological polar surface area (TPSA) is 50.2 Å². The van der Waals surface area contributed by atoms with Gasteiger partial charge in [-0.1, -0.05) is 36.4 Å². The first-order valence-electron chi connectivity index (χ1n) is 9.13. The number of carbonyl (C=O) groups is 1. The number of hydrogen-bond acceptors (Lipinski definition) is 3. The Hall–Kier alpha value is -2.37. The molecule has 1 fully saturated rings.